The molecule has 2 rings (SSSR count). The normalized spacial score (nSPS) is 12.9. The lowest BCUT2D eigenvalue weighted by Gasteiger charge is -2.14. The van der Waals surface area contributed by atoms with Gasteiger partial charge in [0.1, 0.15) is 0 Å². The van der Waals surface area contributed by atoms with Crippen LogP contribution in [0.4, 0.5) is 0 Å². The number of halogens is 1. The Hall–Kier alpha value is -1.90. The molecule has 0 heterocycles. The van der Waals surface area contributed by atoms with E-state index in [4.69, 9.17) is 11.6 Å². The van der Waals surface area contributed by atoms with Crippen molar-refractivity contribution in [1.29, 1.82) is 0 Å². The third kappa shape index (κ3) is 4.14. The van der Waals surface area contributed by atoms with Crippen molar-refractivity contribution in [2.45, 2.75) is 9.79 Å². The molecule has 0 aromatic heterocycles. The lowest BCUT2D eigenvalue weighted by atomic mass is 10.2. The van der Waals surface area contributed by atoms with Gasteiger partial charge in [-0.1, -0.05) is 41.9 Å². The van der Waals surface area contributed by atoms with Gasteiger partial charge < -0.3 is 0 Å². The molecule has 0 radical (unpaired) electrons. The minimum absolute atomic E-state index is 0.0722. The maximum atomic E-state index is 12.4. The molecule has 0 bridgehead atoms. The van der Waals surface area contributed by atoms with Crippen molar-refractivity contribution >= 4 is 36.6 Å². The van der Waals surface area contributed by atoms with Gasteiger partial charge in [-0.25, -0.2) is 8.42 Å². The van der Waals surface area contributed by atoms with Crippen molar-refractivity contribution in [1.82, 2.24) is 4.41 Å². The highest BCUT2D eigenvalue weighted by Gasteiger charge is 2.19. The van der Waals surface area contributed by atoms with Gasteiger partial charge in [0.25, 0.3) is 10.0 Å². The Morgan fingerprint density at radius 3 is 1.96 bits per heavy atom. The second kappa shape index (κ2) is 6.92. The van der Waals surface area contributed by atoms with Gasteiger partial charge in [0, 0.05) is 18.9 Å². The Morgan fingerprint density at radius 2 is 1.46 bits per heavy atom. The number of sulfone groups is 1. The Morgan fingerprint density at radius 1 is 0.917 bits per heavy atom. The summed E-state index contributed by atoms with van der Waals surface area (Å²) in [5, 5.41) is 3.79. The fourth-order valence-corrected chi connectivity index (χ4v) is 3.73. The molecule has 2 aromatic carbocycles. The number of hydrogen-bond donors (Lipinski definition) is 0. The van der Waals surface area contributed by atoms with Crippen LogP contribution in [-0.4, -0.2) is 39.7 Å². The molecule has 0 spiro atoms. The first-order chi connectivity index (χ1) is 11.1. The highest BCUT2D eigenvalue weighted by Crippen LogP contribution is 2.17. The molecule has 128 valence electrons. The summed E-state index contributed by atoms with van der Waals surface area (Å²) in [7, 11) is -5.85. The SMILES string of the molecule is CN(/N=C(/Cl)c1ccc(S(C)(=O)=O)cc1)S(=O)(=O)c1ccccc1. The van der Waals surface area contributed by atoms with Crippen LogP contribution in [-0.2, 0) is 19.9 Å². The van der Waals surface area contributed by atoms with Crippen molar-refractivity contribution in [3.05, 3.63) is 60.2 Å². The first kappa shape index (κ1) is 18.4. The average molecular weight is 387 g/mol. The molecule has 24 heavy (non-hydrogen) atoms. The van der Waals surface area contributed by atoms with Crippen LogP contribution in [0.2, 0.25) is 0 Å². The monoisotopic (exact) mass is 386 g/mol. The summed E-state index contributed by atoms with van der Waals surface area (Å²) in [6, 6.07) is 13.5. The zero-order valence-corrected chi connectivity index (χ0v) is 15.3. The van der Waals surface area contributed by atoms with E-state index in [1.54, 1.807) is 18.2 Å². The minimum atomic E-state index is -3.81. The van der Waals surface area contributed by atoms with E-state index in [0.717, 1.165) is 10.7 Å². The second-order valence-electron chi connectivity index (χ2n) is 4.94. The standard InChI is InChI=1S/C15H15ClN2O4S2/c1-18(24(21,22)14-6-4-3-5-7-14)17-15(16)12-8-10-13(11-9-12)23(2,19)20/h3-11H,1-2H3/b17-15+. The largest absolute Gasteiger partial charge is 0.278 e. The average Bonchev–Trinajstić information content (AvgIpc) is 2.54. The summed E-state index contributed by atoms with van der Waals surface area (Å²) in [5.41, 5.74) is 0.402. The van der Waals surface area contributed by atoms with Crippen molar-refractivity contribution in [3.8, 4) is 0 Å². The highest BCUT2D eigenvalue weighted by molar-refractivity contribution is 7.90. The maximum absolute atomic E-state index is 12.4. The number of rotatable bonds is 5. The van der Waals surface area contributed by atoms with E-state index in [1.807, 2.05) is 0 Å². The quantitative estimate of drug-likeness (QED) is 0.583. The molecular formula is C15H15ClN2O4S2. The zero-order valence-electron chi connectivity index (χ0n) is 12.9. The van der Waals surface area contributed by atoms with Crippen LogP contribution in [0.5, 0.6) is 0 Å². The highest BCUT2D eigenvalue weighted by atomic mass is 35.5. The molecule has 9 heteroatoms. The van der Waals surface area contributed by atoms with E-state index < -0.39 is 19.9 Å². The molecule has 0 aliphatic rings. The smallest absolute Gasteiger partial charge is 0.224 e. The van der Waals surface area contributed by atoms with Crippen LogP contribution in [0, 0.1) is 0 Å². The summed E-state index contributed by atoms with van der Waals surface area (Å²) in [6.45, 7) is 0. The topological polar surface area (TPSA) is 83.9 Å². The van der Waals surface area contributed by atoms with E-state index in [0.29, 0.717) is 5.56 Å². The Bertz CT molecular complexity index is 954. The summed E-state index contributed by atoms with van der Waals surface area (Å²) in [6.07, 6.45) is 1.10. The van der Waals surface area contributed by atoms with Gasteiger partial charge in [-0.2, -0.15) is 12.8 Å². The molecule has 0 saturated carbocycles. The maximum Gasteiger partial charge on any atom is 0.278 e. The molecule has 0 saturated heterocycles. The molecule has 6 nitrogen and oxygen atoms in total. The van der Waals surface area contributed by atoms with Crippen molar-refractivity contribution in [2.75, 3.05) is 13.3 Å². The Balaban J connectivity index is 2.30. The van der Waals surface area contributed by atoms with Gasteiger partial charge >= 0.3 is 0 Å². The zero-order chi connectivity index (χ0) is 18.0. The van der Waals surface area contributed by atoms with E-state index >= 15 is 0 Å². The van der Waals surface area contributed by atoms with Gasteiger partial charge in [-0.3, -0.25) is 0 Å². The van der Waals surface area contributed by atoms with E-state index in [9.17, 15) is 16.8 Å². The van der Waals surface area contributed by atoms with Crippen LogP contribution in [0.1, 0.15) is 5.56 Å². The molecule has 0 fully saturated rings. The molecule has 0 amide bonds. The summed E-state index contributed by atoms with van der Waals surface area (Å²) in [4.78, 5) is 0.231. The third-order valence-electron chi connectivity index (χ3n) is 3.14. The fourth-order valence-electron chi connectivity index (χ4n) is 1.82. The van der Waals surface area contributed by atoms with Gasteiger partial charge in [-0.15, -0.1) is 5.10 Å². The number of benzene rings is 2. The van der Waals surface area contributed by atoms with Crippen molar-refractivity contribution in [2.24, 2.45) is 5.10 Å². The van der Waals surface area contributed by atoms with Crippen molar-refractivity contribution in [3.63, 3.8) is 0 Å². The lowest BCUT2D eigenvalue weighted by Crippen LogP contribution is -2.22. The third-order valence-corrected chi connectivity index (χ3v) is 6.21. The van der Waals surface area contributed by atoms with Crippen LogP contribution in [0.15, 0.2) is 69.5 Å². The number of hydrogen-bond acceptors (Lipinski definition) is 5. The first-order valence-corrected chi connectivity index (χ1v) is 10.4. The molecule has 0 aliphatic heterocycles. The molecule has 0 aliphatic carbocycles. The van der Waals surface area contributed by atoms with Crippen molar-refractivity contribution < 1.29 is 16.8 Å². The van der Waals surface area contributed by atoms with E-state index in [1.165, 1.54) is 43.4 Å². The van der Waals surface area contributed by atoms with Crippen LogP contribution in [0.3, 0.4) is 0 Å². The lowest BCUT2D eigenvalue weighted by molar-refractivity contribution is 0.490. The summed E-state index contributed by atoms with van der Waals surface area (Å²) < 4.78 is 48.4. The van der Waals surface area contributed by atoms with Gasteiger partial charge in [-0.05, 0) is 24.3 Å². The molecule has 0 unspecified atom stereocenters. The summed E-state index contributed by atoms with van der Waals surface area (Å²) >= 11 is 6.06. The van der Waals surface area contributed by atoms with E-state index in [-0.39, 0.29) is 15.0 Å². The first-order valence-electron chi connectivity index (χ1n) is 6.71. The number of hydrazone groups is 1. The summed E-state index contributed by atoms with van der Waals surface area (Å²) in [5.74, 6) is 0. The predicted octanol–water partition coefficient (Wildman–Crippen LogP) is 2.31. The molecule has 0 atom stereocenters. The van der Waals surface area contributed by atoms with Crippen LogP contribution < -0.4 is 0 Å². The Kier molecular flexibility index (Phi) is 5.32. The molecule has 0 N–H and O–H groups in total. The van der Waals surface area contributed by atoms with Gasteiger partial charge in [0.15, 0.2) is 15.0 Å². The molecule has 2 aromatic rings. The van der Waals surface area contributed by atoms with Gasteiger partial charge in [0.05, 0.1) is 9.79 Å². The van der Waals surface area contributed by atoms with E-state index in [2.05, 4.69) is 5.10 Å². The molecular weight excluding hydrogens is 372 g/mol. The predicted molar refractivity (Wildman–Crippen MR) is 93.3 cm³/mol. The van der Waals surface area contributed by atoms with Gasteiger partial charge in [0.2, 0.25) is 0 Å². The number of sulfonamides is 1. The number of nitrogens with zero attached hydrogens (tertiary/aromatic N) is 2. The van der Waals surface area contributed by atoms with Crippen LogP contribution >= 0.6 is 11.6 Å². The fraction of sp³-hybridized carbons (Fsp3) is 0.133. The second-order valence-corrected chi connectivity index (χ2v) is 9.26. The van der Waals surface area contributed by atoms with Crippen LogP contribution in [0.25, 0.3) is 0 Å². The Labute approximate surface area is 146 Å². The minimum Gasteiger partial charge on any atom is -0.224 e.